The molecular formula is C17H26N5O9P. The van der Waals surface area contributed by atoms with E-state index in [-0.39, 0.29) is 25.3 Å². The second kappa shape index (κ2) is 11.1. The average Bonchev–Trinajstić information content (AvgIpc) is 3.33. The summed E-state index contributed by atoms with van der Waals surface area (Å²) in [6, 6.07) is 0. The number of phosphoric acid groups is 1. The fourth-order valence-electron chi connectivity index (χ4n) is 3.14. The molecule has 0 spiro atoms. The average molecular weight is 475 g/mol. The number of carbonyl (C=O) groups is 1. The van der Waals surface area contributed by atoms with Crippen molar-refractivity contribution in [3.63, 3.8) is 0 Å². The van der Waals surface area contributed by atoms with Crippen molar-refractivity contribution in [2.24, 2.45) is 0 Å². The molecule has 15 heteroatoms. The molecular weight excluding hydrogens is 449 g/mol. The number of carbonyl (C=O) groups excluding carboxylic acids is 1. The van der Waals surface area contributed by atoms with Crippen molar-refractivity contribution in [3.8, 4) is 0 Å². The Hall–Kier alpha value is -2.19. The van der Waals surface area contributed by atoms with Crippen molar-refractivity contribution < 1.29 is 42.6 Å². The van der Waals surface area contributed by atoms with E-state index >= 15 is 0 Å². The summed E-state index contributed by atoms with van der Waals surface area (Å²) in [4.78, 5) is 42.5. The second-order valence-electron chi connectivity index (χ2n) is 6.82. The molecule has 1 aliphatic heterocycles. The first-order valence-electron chi connectivity index (χ1n) is 9.92. The van der Waals surface area contributed by atoms with E-state index in [1.54, 1.807) is 4.57 Å². The van der Waals surface area contributed by atoms with Crippen LogP contribution in [0.4, 0.5) is 5.82 Å². The van der Waals surface area contributed by atoms with Gasteiger partial charge in [-0.25, -0.2) is 19.5 Å². The van der Waals surface area contributed by atoms with E-state index in [0.29, 0.717) is 31.0 Å². The molecule has 14 nitrogen and oxygen atoms in total. The van der Waals surface area contributed by atoms with Crippen LogP contribution in [0, 0.1) is 0 Å². The SMILES string of the molecule is CCOCCOCCC(=O)O[C@H]1C[C@H](n2cnc3c(N)ncnc32)O[C@@H]1COP(=O)(O)O. The van der Waals surface area contributed by atoms with Gasteiger partial charge in [0.15, 0.2) is 11.5 Å². The maximum Gasteiger partial charge on any atom is 0.469 e. The Labute approximate surface area is 183 Å². The van der Waals surface area contributed by atoms with Crippen molar-refractivity contribution in [1.29, 1.82) is 0 Å². The van der Waals surface area contributed by atoms with Crippen LogP contribution in [0.3, 0.4) is 0 Å². The zero-order valence-electron chi connectivity index (χ0n) is 17.4. The highest BCUT2D eigenvalue weighted by molar-refractivity contribution is 7.46. The first-order chi connectivity index (χ1) is 15.3. The molecule has 0 radical (unpaired) electrons. The van der Waals surface area contributed by atoms with E-state index in [1.165, 1.54) is 12.7 Å². The summed E-state index contributed by atoms with van der Waals surface area (Å²) in [6.45, 7) is 2.90. The van der Waals surface area contributed by atoms with Crippen LogP contribution in [0.1, 0.15) is 26.0 Å². The smallest absolute Gasteiger partial charge is 0.459 e. The van der Waals surface area contributed by atoms with Gasteiger partial charge in [-0.2, -0.15) is 0 Å². The number of hydrogen-bond donors (Lipinski definition) is 3. The van der Waals surface area contributed by atoms with Crippen LogP contribution in [0.5, 0.6) is 0 Å². The van der Waals surface area contributed by atoms with E-state index < -0.39 is 38.8 Å². The molecule has 3 heterocycles. The van der Waals surface area contributed by atoms with Crippen LogP contribution < -0.4 is 5.73 Å². The van der Waals surface area contributed by atoms with Gasteiger partial charge in [0.05, 0.1) is 39.2 Å². The third-order valence-corrected chi connectivity index (χ3v) is 5.08. The molecule has 2 aromatic heterocycles. The Kier molecular flexibility index (Phi) is 8.48. The summed E-state index contributed by atoms with van der Waals surface area (Å²) in [7, 11) is -4.74. The lowest BCUT2D eigenvalue weighted by molar-refractivity contribution is -0.154. The molecule has 0 amide bonds. The standard InChI is InChI=1S/C17H26N5O9P/c1-2-27-5-6-28-4-3-14(23)31-11-7-13(30-12(11)8-29-32(24,25)26)22-10-21-15-16(18)19-9-20-17(15)22/h9-13H,2-8H2,1H3,(H2,18,19,20)(H2,24,25,26)/t11-,12+,13+/m0/s1. The predicted octanol–water partition coefficient (Wildman–Crippen LogP) is 0.160. The largest absolute Gasteiger partial charge is 0.469 e. The van der Waals surface area contributed by atoms with Gasteiger partial charge in [0.25, 0.3) is 0 Å². The van der Waals surface area contributed by atoms with Gasteiger partial charge >= 0.3 is 13.8 Å². The molecule has 0 aromatic carbocycles. The zero-order chi connectivity index (χ0) is 23.1. The number of ether oxygens (including phenoxy) is 4. The molecule has 1 saturated heterocycles. The molecule has 0 unspecified atom stereocenters. The van der Waals surface area contributed by atoms with Gasteiger partial charge in [-0.3, -0.25) is 13.9 Å². The highest BCUT2D eigenvalue weighted by Gasteiger charge is 2.40. The molecule has 3 rings (SSSR count). The van der Waals surface area contributed by atoms with Crippen LogP contribution in [0.25, 0.3) is 11.2 Å². The minimum atomic E-state index is -4.74. The number of nitrogens with zero attached hydrogens (tertiary/aromatic N) is 4. The summed E-state index contributed by atoms with van der Waals surface area (Å²) >= 11 is 0. The number of hydrogen-bond acceptors (Lipinski definition) is 11. The van der Waals surface area contributed by atoms with Crippen molar-refractivity contribution in [1.82, 2.24) is 19.5 Å². The Morgan fingerprint density at radius 3 is 2.81 bits per heavy atom. The first-order valence-corrected chi connectivity index (χ1v) is 11.4. The fourth-order valence-corrected chi connectivity index (χ4v) is 3.49. The normalized spacial score (nSPS) is 21.3. The summed E-state index contributed by atoms with van der Waals surface area (Å²) in [5.41, 5.74) is 6.59. The lowest BCUT2D eigenvalue weighted by Crippen LogP contribution is -2.31. The molecule has 178 valence electrons. The minimum Gasteiger partial charge on any atom is -0.459 e. The Morgan fingerprint density at radius 1 is 1.28 bits per heavy atom. The van der Waals surface area contributed by atoms with E-state index in [0.717, 1.165) is 0 Å². The molecule has 3 atom stereocenters. The number of aromatic nitrogens is 4. The van der Waals surface area contributed by atoms with Gasteiger partial charge < -0.3 is 34.5 Å². The van der Waals surface area contributed by atoms with Crippen molar-refractivity contribution in [2.75, 3.05) is 38.8 Å². The summed E-state index contributed by atoms with van der Waals surface area (Å²) in [6.07, 6.45) is 0.490. The molecule has 1 aliphatic rings. The first kappa shape index (κ1) is 24.5. The Balaban J connectivity index is 1.63. The maximum absolute atomic E-state index is 12.2. The third-order valence-electron chi connectivity index (χ3n) is 4.59. The number of fused-ring (bicyclic) bond motifs is 1. The van der Waals surface area contributed by atoms with Crippen LogP contribution in [-0.4, -0.2) is 80.5 Å². The van der Waals surface area contributed by atoms with E-state index in [2.05, 4.69) is 19.5 Å². The lowest BCUT2D eigenvalue weighted by atomic mass is 10.2. The number of rotatable bonds is 12. The maximum atomic E-state index is 12.2. The number of anilines is 1. The minimum absolute atomic E-state index is 0.00285. The highest BCUT2D eigenvalue weighted by atomic mass is 31.2. The van der Waals surface area contributed by atoms with Gasteiger partial charge in [0.1, 0.15) is 30.3 Å². The van der Waals surface area contributed by atoms with Crippen LogP contribution in [0.2, 0.25) is 0 Å². The topological polar surface area (TPSA) is 190 Å². The van der Waals surface area contributed by atoms with Crippen molar-refractivity contribution in [3.05, 3.63) is 12.7 Å². The van der Waals surface area contributed by atoms with Gasteiger partial charge in [-0.05, 0) is 6.92 Å². The number of imidazole rings is 1. The van der Waals surface area contributed by atoms with Crippen LogP contribution in [-0.2, 0) is 32.8 Å². The Bertz CT molecular complexity index is 952. The number of esters is 1. The summed E-state index contributed by atoms with van der Waals surface area (Å²) in [5, 5.41) is 0. The molecule has 1 fully saturated rings. The second-order valence-corrected chi connectivity index (χ2v) is 8.06. The Morgan fingerprint density at radius 2 is 2.06 bits per heavy atom. The molecule has 32 heavy (non-hydrogen) atoms. The molecule has 0 aliphatic carbocycles. The van der Waals surface area contributed by atoms with Crippen LogP contribution >= 0.6 is 7.82 Å². The van der Waals surface area contributed by atoms with Gasteiger partial charge in [0.2, 0.25) is 0 Å². The lowest BCUT2D eigenvalue weighted by Gasteiger charge is -2.19. The number of phosphoric ester groups is 1. The highest BCUT2D eigenvalue weighted by Crippen LogP contribution is 2.39. The molecule has 0 saturated carbocycles. The summed E-state index contributed by atoms with van der Waals surface area (Å²) in [5.74, 6) is -0.348. The summed E-state index contributed by atoms with van der Waals surface area (Å²) < 4.78 is 39.1. The van der Waals surface area contributed by atoms with E-state index in [9.17, 15) is 9.36 Å². The molecule has 4 N–H and O–H groups in total. The van der Waals surface area contributed by atoms with Gasteiger partial charge in [-0.15, -0.1) is 0 Å². The predicted molar refractivity (Wildman–Crippen MR) is 108 cm³/mol. The van der Waals surface area contributed by atoms with Gasteiger partial charge in [0, 0.05) is 13.0 Å². The monoisotopic (exact) mass is 475 g/mol. The van der Waals surface area contributed by atoms with Crippen LogP contribution in [0.15, 0.2) is 12.7 Å². The fraction of sp³-hybridized carbons (Fsp3) is 0.647. The van der Waals surface area contributed by atoms with Gasteiger partial charge in [-0.1, -0.05) is 0 Å². The number of nitrogens with two attached hydrogens (primary N) is 1. The van der Waals surface area contributed by atoms with Crippen molar-refractivity contribution >= 4 is 30.8 Å². The third kappa shape index (κ3) is 6.65. The molecule has 0 bridgehead atoms. The number of nitrogen functional groups attached to an aromatic ring is 1. The van der Waals surface area contributed by atoms with E-state index in [4.69, 9.17) is 34.5 Å². The van der Waals surface area contributed by atoms with Crippen molar-refractivity contribution in [2.45, 2.75) is 38.2 Å². The zero-order valence-corrected chi connectivity index (χ0v) is 18.3. The van der Waals surface area contributed by atoms with E-state index in [1.807, 2.05) is 6.92 Å². The quantitative estimate of drug-likeness (QED) is 0.214. The molecule has 2 aromatic rings.